The summed E-state index contributed by atoms with van der Waals surface area (Å²) in [5, 5.41) is 19.6. The van der Waals surface area contributed by atoms with Crippen LogP contribution in [0.3, 0.4) is 0 Å². The minimum Gasteiger partial charge on any atom is -0.466 e. The molecule has 0 aromatic carbocycles. The van der Waals surface area contributed by atoms with Gasteiger partial charge >= 0.3 is 23.9 Å². The Balaban J connectivity index is 4.04. The van der Waals surface area contributed by atoms with Crippen molar-refractivity contribution in [3.8, 4) is 0 Å². The van der Waals surface area contributed by atoms with E-state index in [0.29, 0.717) is 38.9 Å². The third-order valence-corrected chi connectivity index (χ3v) is 6.63. The summed E-state index contributed by atoms with van der Waals surface area (Å²) in [6, 6.07) is 0. The topological polar surface area (TPSA) is 146 Å². The number of esters is 4. The van der Waals surface area contributed by atoms with Crippen molar-refractivity contribution in [3.05, 3.63) is 24.3 Å². The molecule has 0 rings (SSSR count). The fourth-order valence-electron chi connectivity index (χ4n) is 3.78. The van der Waals surface area contributed by atoms with Gasteiger partial charge in [-0.15, -0.1) is 0 Å². The highest BCUT2D eigenvalue weighted by atomic mass is 16.6. The zero-order valence-corrected chi connectivity index (χ0v) is 26.5. The number of aliphatic hydroxyl groups is 2. The number of hydrogen-bond acceptors (Lipinski definition) is 10. The van der Waals surface area contributed by atoms with Crippen molar-refractivity contribution >= 4 is 23.9 Å². The highest BCUT2D eigenvalue weighted by Crippen LogP contribution is 2.19. The van der Waals surface area contributed by atoms with Crippen LogP contribution in [0.1, 0.15) is 117 Å². The SMILES string of the molecule is CC/C=C\CCCCOC(=O)CCCCC(=O)OCC(CO)(CO)COC(=O)CCCCC(=O)OCCCC/C=C\CC. The van der Waals surface area contributed by atoms with E-state index in [1.165, 1.54) is 0 Å². The molecule has 0 aliphatic heterocycles. The predicted molar refractivity (Wildman–Crippen MR) is 164 cm³/mol. The Morgan fingerprint density at radius 2 is 0.860 bits per heavy atom. The van der Waals surface area contributed by atoms with Crippen molar-refractivity contribution in [2.45, 2.75) is 117 Å². The number of allylic oxidation sites excluding steroid dienone is 4. The Hall–Kier alpha value is -2.72. The molecule has 0 amide bonds. The first-order chi connectivity index (χ1) is 20.8. The molecule has 0 aliphatic carbocycles. The molecule has 0 unspecified atom stereocenters. The molecule has 0 bridgehead atoms. The van der Waals surface area contributed by atoms with Crippen LogP contribution < -0.4 is 0 Å². The van der Waals surface area contributed by atoms with Gasteiger partial charge in [0.2, 0.25) is 0 Å². The standard InChI is InChI=1S/C33H56O10/c1-3-5-7-9-11-17-23-40-29(36)19-13-15-21-31(38)42-27-33(25-34,26-35)28-43-32(39)22-16-14-20-30(37)41-24-18-12-10-8-6-4-2/h5-8,34-35H,3-4,9-28H2,1-2H3/b7-5-,8-6-. The molecule has 10 heteroatoms. The molecule has 43 heavy (non-hydrogen) atoms. The van der Waals surface area contributed by atoms with Gasteiger partial charge in [-0.2, -0.15) is 0 Å². The smallest absolute Gasteiger partial charge is 0.305 e. The molecule has 0 aromatic heterocycles. The fraction of sp³-hybridized carbons (Fsp3) is 0.758. The molecule has 2 N–H and O–H groups in total. The van der Waals surface area contributed by atoms with Crippen molar-refractivity contribution in [2.75, 3.05) is 39.6 Å². The Bertz CT molecular complexity index is 740. The molecule has 0 aliphatic rings. The summed E-state index contributed by atoms with van der Waals surface area (Å²) in [5.41, 5.74) is -1.32. The normalized spacial score (nSPS) is 11.6. The number of aliphatic hydroxyl groups excluding tert-OH is 2. The maximum Gasteiger partial charge on any atom is 0.305 e. The molecule has 0 saturated carbocycles. The Morgan fingerprint density at radius 1 is 0.512 bits per heavy atom. The van der Waals surface area contributed by atoms with Gasteiger partial charge in [0.05, 0.1) is 31.8 Å². The number of rotatable bonds is 28. The van der Waals surface area contributed by atoms with Crippen LogP contribution in [-0.4, -0.2) is 73.7 Å². The largest absolute Gasteiger partial charge is 0.466 e. The van der Waals surface area contributed by atoms with Crippen LogP contribution in [0, 0.1) is 5.41 Å². The molecule has 0 fully saturated rings. The second-order valence-electron chi connectivity index (χ2n) is 10.7. The van der Waals surface area contributed by atoms with Crippen molar-refractivity contribution in [3.63, 3.8) is 0 Å². The molecular weight excluding hydrogens is 556 g/mol. The van der Waals surface area contributed by atoms with Crippen molar-refractivity contribution in [2.24, 2.45) is 5.41 Å². The molecule has 248 valence electrons. The average molecular weight is 613 g/mol. The number of carbonyl (C=O) groups is 4. The van der Waals surface area contributed by atoms with Crippen LogP contribution in [0.25, 0.3) is 0 Å². The number of unbranched alkanes of at least 4 members (excludes halogenated alkanes) is 6. The first-order valence-electron chi connectivity index (χ1n) is 16.0. The summed E-state index contributed by atoms with van der Waals surface area (Å²) >= 11 is 0. The van der Waals surface area contributed by atoms with E-state index in [2.05, 4.69) is 38.2 Å². The highest BCUT2D eigenvalue weighted by Gasteiger charge is 2.33. The number of ether oxygens (including phenoxy) is 4. The lowest BCUT2D eigenvalue weighted by Gasteiger charge is -2.28. The minimum atomic E-state index is -1.32. The van der Waals surface area contributed by atoms with Crippen LogP contribution >= 0.6 is 0 Å². The maximum atomic E-state index is 12.1. The van der Waals surface area contributed by atoms with Crippen LogP contribution in [0.4, 0.5) is 0 Å². The van der Waals surface area contributed by atoms with Gasteiger partial charge in [0.15, 0.2) is 0 Å². The lowest BCUT2D eigenvalue weighted by Crippen LogP contribution is -2.41. The van der Waals surface area contributed by atoms with E-state index >= 15 is 0 Å². The van der Waals surface area contributed by atoms with Gasteiger partial charge in [0, 0.05) is 25.7 Å². The van der Waals surface area contributed by atoms with E-state index in [9.17, 15) is 29.4 Å². The maximum absolute atomic E-state index is 12.1. The lowest BCUT2D eigenvalue weighted by atomic mass is 9.92. The summed E-state index contributed by atoms with van der Waals surface area (Å²) in [6.07, 6.45) is 18.4. The van der Waals surface area contributed by atoms with Gasteiger partial charge in [-0.3, -0.25) is 19.2 Å². The fourth-order valence-corrected chi connectivity index (χ4v) is 3.78. The van der Waals surface area contributed by atoms with E-state index < -0.39 is 30.6 Å². The predicted octanol–water partition coefficient (Wildman–Crippen LogP) is 5.52. The number of carbonyl (C=O) groups excluding carboxylic acids is 4. The summed E-state index contributed by atoms with van der Waals surface area (Å²) in [7, 11) is 0. The van der Waals surface area contributed by atoms with E-state index in [0.717, 1.165) is 51.4 Å². The molecule has 0 aromatic rings. The third-order valence-electron chi connectivity index (χ3n) is 6.63. The summed E-state index contributed by atoms with van der Waals surface area (Å²) in [4.78, 5) is 47.9. The Morgan fingerprint density at radius 3 is 1.19 bits per heavy atom. The van der Waals surface area contributed by atoms with Crippen LogP contribution in [0.5, 0.6) is 0 Å². The van der Waals surface area contributed by atoms with E-state index in [1.54, 1.807) is 0 Å². The van der Waals surface area contributed by atoms with Crippen molar-refractivity contribution in [1.29, 1.82) is 0 Å². The zero-order valence-electron chi connectivity index (χ0n) is 26.5. The second-order valence-corrected chi connectivity index (χ2v) is 10.7. The minimum absolute atomic E-state index is 0.0719. The zero-order chi connectivity index (χ0) is 32.0. The third kappa shape index (κ3) is 24.4. The van der Waals surface area contributed by atoms with Gasteiger partial charge in [0.25, 0.3) is 0 Å². The first kappa shape index (κ1) is 40.3. The van der Waals surface area contributed by atoms with Crippen molar-refractivity contribution < 1.29 is 48.3 Å². The summed E-state index contributed by atoms with van der Waals surface area (Å²) in [6.45, 7) is 3.21. The first-order valence-corrected chi connectivity index (χ1v) is 16.0. The molecule has 0 atom stereocenters. The molecule has 0 spiro atoms. The average Bonchev–Trinajstić information content (AvgIpc) is 3.01. The van der Waals surface area contributed by atoms with Gasteiger partial charge in [-0.25, -0.2) is 0 Å². The lowest BCUT2D eigenvalue weighted by molar-refractivity contribution is -0.159. The van der Waals surface area contributed by atoms with Gasteiger partial charge in [-0.1, -0.05) is 38.2 Å². The summed E-state index contributed by atoms with van der Waals surface area (Å²) < 4.78 is 20.8. The van der Waals surface area contributed by atoms with Gasteiger partial charge < -0.3 is 29.2 Å². The van der Waals surface area contributed by atoms with Crippen LogP contribution in [-0.2, 0) is 38.1 Å². The monoisotopic (exact) mass is 612 g/mol. The molecule has 10 nitrogen and oxygen atoms in total. The van der Waals surface area contributed by atoms with E-state index in [4.69, 9.17) is 18.9 Å². The quantitative estimate of drug-likeness (QED) is 0.0501. The van der Waals surface area contributed by atoms with Gasteiger partial charge in [0.1, 0.15) is 13.2 Å². The van der Waals surface area contributed by atoms with E-state index in [1.807, 2.05) is 0 Å². The second kappa shape index (κ2) is 28.1. The van der Waals surface area contributed by atoms with Gasteiger partial charge in [-0.05, 0) is 77.0 Å². The Kier molecular flexibility index (Phi) is 26.3. The number of hydrogen-bond donors (Lipinski definition) is 2. The van der Waals surface area contributed by atoms with Crippen LogP contribution in [0.2, 0.25) is 0 Å². The Labute approximate surface area is 258 Å². The van der Waals surface area contributed by atoms with E-state index in [-0.39, 0.29) is 50.8 Å². The molecular formula is C33H56O10. The highest BCUT2D eigenvalue weighted by molar-refractivity contribution is 5.71. The molecule has 0 saturated heterocycles. The molecule has 0 heterocycles. The summed E-state index contributed by atoms with van der Waals surface area (Å²) in [5.74, 6) is -1.65. The van der Waals surface area contributed by atoms with Crippen LogP contribution in [0.15, 0.2) is 24.3 Å². The van der Waals surface area contributed by atoms with Crippen molar-refractivity contribution in [1.82, 2.24) is 0 Å². The molecule has 0 radical (unpaired) electrons.